The van der Waals surface area contributed by atoms with Crippen LogP contribution in [-0.2, 0) is 9.84 Å². The smallest absolute Gasteiger partial charge is 0.152 e. The van der Waals surface area contributed by atoms with Crippen molar-refractivity contribution in [1.82, 2.24) is 5.32 Å². The average molecular weight is 221 g/mol. The van der Waals surface area contributed by atoms with E-state index in [9.17, 15) is 8.42 Å². The van der Waals surface area contributed by atoms with Gasteiger partial charge in [0.25, 0.3) is 0 Å². The van der Waals surface area contributed by atoms with E-state index in [4.69, 9.17) is 0 Å². The Morgan fingerprint density at radius 1 is 1.29 bits per heavy atom. The summed E-state index contributed by atoms with van der Waals surface area (Å²) in [4.78, 5) is 0. The highest BCUT2D eigenvalue weighted by atomic mass is 32.2. The summed E-state index contributed by atoms with van der Waals surface area (Å²) in [5.41, 5.74) is 0. The number of sulfone groups is 1. The van der Waals surface area contributed by atoms with Crippen molar-refractivity contribution in [2.45, 2.75) is 51.3 Å². The Kier molecular flexibility index (Phi) is 6.36. The van der Waals surface area contributed by atoms with E-state index >= 15 is 0 Å². The fourth-order valence-corrected chi connectivity index (χ4v) is 2.67. The lowest BCUT2D eigenvalue weighted by atomic mass is 10.2. The first-order valence-corrected chi connectivity index (χ1v) is 7.04. The van der Waals surface area contributed by atoms with E-state index < -0.39 is 9.84 Å². The minimum Gasteiger partial charge on any atom is -0.317 e. The van der Waals surface area contributed by atoms with Crippen LogP contribution in [0.2, 0.25) is 0 Å². The normalized spacial score (nSPS) is 16.6. The molecule has 0 aromatic rings. The first kappa shape index (κ1) is 13.9. The van der Waals surface area contributed by atoms with Gasteiger partial charge in [0.05, 0.1) is 11.0 Å². The largest absolute Gasteiger partial charge is 0.317 e. The minimum atomic E-state index is -2.84. The Morgan fingerprint density at radius 2 is 1.86 bits per heavy atom. The quantitative estimate of drug-likeness (QED) is 0.710. The molecule has 0 radical (unpaired) electrons. The van der Waals surface area contributed by atoms with Crippen molar-refractivity contribution in [3.05, 3.63) is 0 Å². The summed E-state index contributed by atoms with van der Waals surface area (Å²) in [5.74, 6) is 0.327. The third-order valence-corrected chi connectivity index (χ3v) is 5.16. The lowest BCUT2D eigenvalue weighted by Gasteiger charge is -2.12. The molecule has 14 heavy (non-hydrogen) atoms. The molecule has 0 aromatic carbocycles. The van der Waals surface area contributed by atoms with E-state index in [1.54, 1.807) is 6.92 Å². The van der Waals surface area contributed by atoms with Crippen LogP contribution in [-0.4, -0.2) is 32.5 Å². The monoisotopic (exact) mass is 221 g/mol. The summed E-state index contributed by atoms with van der Waals surface area (Å²) in [6.45, 7) is 5.77. The van der Waals surface area contributed by atoms with Crippen LogP contribution in [0.25, 0.3) is 0 Å². The van der Waals surface area contributed by atoms with Crippen molar-refractivity contribution in [3.63, 3.8) is 0 Å². The van der Waals surface area contributed by atoms with Gasteiger partial charge < -0.3 is 5.32 Å². The fraction of sp³-hybridized carbons (Fsp3) is 1.00. The highest BCUT2D eigenvalue weighted by Crippen LogP contribution is 2.09. The van der Waals surface area contributed by atoms with Gasteiger partial charge in [-0.25, -0.2) is 8.42 Å². The molecule has 0 amide bonds. The van der Waals surface area contributed by atoms with Gasteiger partial charge >= 0.3 is 0 Å². The molecular formula is C10H23NO2S. The lowest BCUT2D eigenvalue weighted by Crippen LogP contribution is -2.24. The van der Waals surface area contributed by atoms with Gasteiger partial charge in [0.2, 0.25) is 0 Å². The van der Waals surface area contributed by atoms with E-state index in [1.807, 2.05) is 14.0 Å². The minimum absolute atomic E-state index is 0.188. The van der Waals surface area contributed by atoms with Crippen LogP contribution in [0.5, 0.6) is 0 Å². The maximum absolute atomic E-state index is 11.6. The third kappa shape index (κ3) is 4.96. The van der Waals surface area contributed by atoms with E-state index in [0.717, 1.165) is 12.8 Å². The van der Waals surface area contributed by atoms with Crippen molar-refractivity contribution < 1.29 is 8.42 Å². The number of hydrogen-bond donors (Lipinski definition) is 1. The van der Waals surface area contributed by atoms with Crippen LogP contribution in [0.1, 0.15) is 40.0 Å². The second-order valence-corrected chi connectivity index (χ2v) is 6.46. The van der Waals surface area contributed by atoms with Gasteiger partial charge in [-0.2, -0.15) is 0 Å². The fourth-order valence-electron chi connectivity index (χ4n) is 1.19. The first-order valence-electron chi connectivity index (χ1n) is 5.32. The van der Waals surface area contributed by atoms with Gasteiger partial charge in [-0.05, 0) is 40.2 Å². The Morgan fingerprint density at radius 3 is 2.29 bits per heavy atom. The highest BCUT2D eigenvalue weighted by molar-refractivity contribution is 7.91. The summed E-state index contributed by atoms with van der Waals surface area (Å²) < 4.78 is 23.2. The van der Waals surface area contributed by atoms with Crippen molar-refractivity contribution >= 4 is 9.84 Å². The second kappa shape index (κ2) is 6.40. The molecular weight excluding hydrogens is 198 g/mol. The van der Waals surface area contributed by atoms with Crippen LogP contribution < -0.4 is 5.32 Å². The SMILES string of the molecule is CCC(C)S(=O)(=O)CCCC(C)NC. The molecule has 3 nitrogen and oxygen atoms in total. The van der Waals surface area contributed by atoms with Crippen LogP contribution in [0.3, 0.4) is 0 Å². The van der Waals surface area contributed by atoms with Crippen molar-refractivity contribution in [2.24, 2.45) is 0 Å². The number of rotatable bonds is 7. The molecule has 0 saturated carbocycles. The first-order chi connectivity index (χ1) is 6.44. The van der Waals surface area contributed by atoms with Crippen molar-refractivity contribution in [1.29, 1.82) is 0 Å². The predicted octanol–water partition coefficient (Wildman–Crippen LogP) is 1.59. The third-order valence-electron chi connectivity index (χ3n) is 2.75. The maximum Gasteiger partial charge on any atom is 0.152 e. The molecule has 1 N–H and O–H groups in total. The topological polar surface area (TPSA) is 46.2 Å². The van der Waals surface area contributed by atoms with Gasteiger partial charge in [-0.1, -0.05) is 6.92 Å². The maximum atomic E-state index is 11.6. The standard InChI is InChI=1S/C10H23NO2S/c1-5-10(3)14(12,13)8-6-7-9(2)11-4/h9-11H,5-8H2,1-4H3. The van der Waals surface area contributed by atoms with Crippen LogP contribution in [0.4, 0.5) is 0 Å². The number of nitrogens with one attached hydrogen (secondary N) is 1. The van der Waals surface area contributed by atoms with Gasteiger partial charge in [0.15, 0.2) is 9.84 Å². The zero-order valence-electron chi connectivity index (χ0n) is 9.71. The molecule has 2 unspecified atom stereocenters. The second-order valence-electron chi connectivity index (χ2n) is 3.92. The van der Waals surface area contributed by atoms with Crippen molar-refractivity contribution in [3.8, 4) is 0 Å². The summed E-state index contributed by atoms with van der Waals surface area (Å²) in [6, 6.07) is 0.405. The summed E-state index contributed by atoms with van der Waals surface area (Å²) in [5, 5.41) is 2.91. The van der Waals surface area contributed by atoms with Gasteiger partial charge in [-0.3, -0.25) is 0 Å². The molecule has 0 aromatic heterocycles. The Labute approximate surface area is 88.2 Å². The van der Waals surface area contributed by atoms with Crippen LogP contribution in [0.15, 0.2) is 0 Å². The number of hydrogen-bond acceptors (Lipinski definition) is 3. The zero-order valence-corrected chi connectivity index (χ0v) is 10.5. The summed E-state index contributed by atoms with van der Waals surface area (Å²) in [7, 11) is -0.945. The highest BCUT2D eigenvalue weighted by Gasteiger charge is 2.18. The zero-order chi connectivity index (χ0) is 11.2. The summed E-state index contributed by atoms with van der Waals surface area (Å²) >= 11 is 0. The Bertz CT molecular complexity index is 237. The van der Waals surface area contributed by atoms with Crippen molar-refractivity contribution in [2.75, 3.05) is 12.8 Å². The molecule has 86 valence electrons. The van der Waals surface area contributed by atoms with Gasteiger partial charge in [0, 0.05) is 6.04 Å². The van der Waals surface area contributed by atoms with Crippen LogP contribution >= 0.6 is 0 Å². The summed E-state index contributed by atoms with van der Waals surface area (Å²) in [6.07, 6.45) is 2.39. The molecule has 0 aliphatic carbocycles. The van der Waals surface area contributed by atoms with E-state index in [0.29, 0.717) is 18.2 Å². The molecule has 0 saturated heterocycles. The van der Waals surface area contributed by atoms with E-state index in [2.05, 4.69) is 12.2 Å². The molecule has 0 aliphatic rings. The molecule has 0 heterocycles. The van der Waals surface area contributed by atoms with E-state index in [-0.39, 0.29) is 5.25 Å². The molecule has 2 atom stereocenters. The molecule has 0 rings (SSSR count). The Balaban J connectivity index is 3.89. The molecule has 0 bridgehead atoms. The Hall–Kier alpha value is -0.0900. The average Bonchev–Trinajstić information content (AvgIpc) is 2.15. The molecule has 0 fully saturated rings. The van der Waals surface area contributed by atoms with E-state index in [1.165, 1.54) is 0 Å². The van der Waals surface area contributed by atoms with Gasteiger partial charge in [0.1, 0.15) is 0 Å². The lowest BCUT2D eigenvalue weighted by molar-refractivity contribution is 0.544. The molecule has 0 spiro atoms. The van der Waals surface area contributed by atoms with Gasteiger partial charge in [-0.15, -0.1) is 0 Å². The molecule has 4 heteroatoms. The van der Waals surface area contributed by atoms with Crippen LogP contribution in [0, 0.1) is 0 Å². The molecule has 0 aliphatic heterocycles. The predicted molar refractivity (Wildman–Crippen MR) is 61.3 cm³/mol.